The smallest absolute Gasteiger partial charge is 0.255 e. The van der Waals surface area contributed by atoms with Crippen LogP contribution in [0.1, 0.15) is 36.1 Å². The minimum Gasteiger partial charge on any atom is -0.508 e. The standard InChI is InChI=1S/C29H37N3O9/c1-6-32(4)7-8-41-12-17(32)14-11-18(33)20-15(25(14)40-5)9-13-10-16-22(31(2)3)24(35)21(28(30)38)27(37)29(16,39)26(36)19(13)23(20)34/h11,13,16-17,22,39H,6-10,12H2,1-5H3,(H4-,30,33,34,35,36,37,38)/p+1. The van der Waals surface area contributed by atoms with Gasteiger partial charge in [-0.3, -0.25) is 19.3 Å². The van der Waals surface area contributed by atoms with E-state index in [2.05, 4.69) is 14.0 Å². The summed E-state index contributed by atoms with van der Waals surface area (Å²) >= 11 is 0. The van der Waals surface area contributed by atoms with Gasteiger partial charge in [-0.2, -0.15) is 0 Å². The fourth-order valence-electron chi connectivity index (χ4n) is 7.42. The highest BCUT2D eigenvalue weighted by Gasteiger charge is 2.64. The molecule has 6 N–H and O–H groups in total. The number of carbonyl (C=O) groups excluding carboxylic acids is 3. The first-order valence-electron chi connectivity index (χ1n) is 13.7. The highest BCUT2D eigenvalue weighted by atomic mass is 16.5. The molecule has 1 saturated heterocycles. The molecule has 0 radical (unpaired) electrons. The van der Waals surface area contributed by atoms with Crippen LogP contribution in [0.4, 0.5) is 0 Å². The lowest BCUT2D eigenvalue weighted by atomic mass is 9.57. The summed E-state index contributed by atoms with van der Waals surface area (Å²) in [6, 6.07) is 0.222. The number of hydrogen-bond donors (Lipinski definition) is 5. The number of ether oxygens (including phenoxy) is 2. The van der Waals surface area contributed by atoms with Crippen molar-refractivity contribution in [2.24, 2.45) is 17.6 Å². The quantitative estimate of drug-likeness (QED) is 0.246. The van der Waals surface area contributed by atoms with Crippen molar-refractivity contribution < 1.29 is 48.8 Å². The van der Waals surface area contributed by atoms with E-state index in [1.807, 2.05) is 0 Å². The number of primary amides is 1. The number of nitrogens with zero attached hydrogens (tertiary/aromatic N) is 2. The van der Waals surface area contributed by atoms with E-state index in [-0.39, 0.29) is 35.8 Å². The summed E-state index contributed by atoms with van der Waals surface area (Å²) in [6.07, 6.45) is 0.164. The van der Waals surface area contributed by atoms with E-state index in [4.69, 9.17) is 15.2 Å². The Morgan fingerprint density at radius 1 is 1.27 bits per heavy atom. The number of phenols is 1. The second-order valence-corrected chi connectivity index (χ2v) is 11.9. The number of carbonyl (C=O) groups is 3. The first-order chi connectivity index (χ1) is 19.2. The molecule has 1 aromatic carbocycles. The number of likely N-dealkylation sites (N-methyl/N-ethyl adjacent to an activating group) is 2. The first kappa shape index (κ1) is 29.1. The molecule has 41 heavy (non-hydrogen) atoms. The Balaban J connectivity index is 1.71. The van der Waals surface area contributed by atoms with Crippen LogP contribution in [-0.4, -0.2) is 113 Å². The SMILES string of the molecule is CC[N+]1(C)CCOCC1c1cc(O)c2c(c1OC)CC1CC3C(N(C)C)C(=O)C(C(N)=O)=C(O)C3(O)C(=O)C1=C2O. The molecule has 1 heterocycles. The third-order valence-electron chi connectivity index (χ3n) is 9.76. The van der Waals surface area contributed by atoms with Crippen molar-refractivity contribution in [2.45, 2.75) is 37.5 Å². The fourth-order valence-corrected chi connectivity index (χ4v) is 7.42. The van der Waals surface area contributed by atoms with Crippen LogP contribution in [0.25, 0.3) is 5.76 Å². The number of Topliss-reactive ketones (excluding diaryl/α,β-unsaturated/α-hetero) is 2. The number of aliphatic hydroxyl groups is 3. The van der Waals surface area contributed by atoms with E-state index in [1.54, 1.807) is 14.1 Å². The summed E-state index contributed by atoms with van der Waals surface area (Å²) in [4.78, 5) is 40.9. The van der Waals surface area contributed by atoms with E-state index in [1.165, 1.54) is 18.1 Å². The predicted octanol–water partition coefficient (Wildman–Crippen LogP) is 0.510. The molecule has 1 aliphatic heterocycles. The Morgan fingerprint density at radius 2 is 1.95 bits per heavy atom. The van der Waals surface area contributed by atoms with Crippen LogP contribution in [-0.2, 0) is 25.5 Å². The Morgan fingerprint density at radius 3 is 2.54 bits per heavy atom. The molecule has 6 unspecified atom stereocenters. The molecule has 5 rings (SSSR count). The van der Waals surface area contributed by atoms with E-state index >= 15 is 0 Å². The zero-order valence-electron chi connectivity index (χ0n) is 23.9. The molecule has 3 aliphatic carbocycles. The van der Waals surface area contributed by atoms with Crippen molar-refractivity contribution in [1.29, 1.82) is 0 Å². The second kappa shape index (κ2) is 9.83. The van der Waals surface area contributed by atoms with E-state index in [9.17, 15) is 34.8 Å². The van der Waals surface area contributed by atoms with Gasteiger partial charge in [-0.1, -0.05) is 0 Å². The van der Waals surface area contributed by atoms with Gasteiger partial charge in [-0.05, 0) is 45.8 Å². The third kappa shape index (κ3) is 3.92. The lowest BCUT2D eigenvalue weighted by Crippen LogP contribution is -2.65. The van der Waals surface area contributed by atoms with Crippen molar-refractivity contribution in [3.63, 3.8) is 0 Å². The number of fused-ring (bicyclic) bond motifs is 3. The van der Waals surface area contributed by atoms with Gasteiger partial charge in [0.2, 0.25) is 5.78 Å². The summed E-state index contributed by atoms with van der Waals surface area (Å²) in [6.45, 7) is 4.67. The molecule has 2 fully saturated rings. The van der Waals surface area contributed by atoms with Crippen LogP contribution in [0.2, 0.25) is 0 Å². The number of quaternary nitrogens is 1. The molecule has 12 heteroatoms. The van der Waals surface area contributed by atoms with Crippen molar-refractivity contribution in [1.82, 2.24) is 4.90 Å². The van der Waals surface area contributed by atoms with Gasteiger partial charge in [-0.25, -0.2) is 0 Å². The topological polar surface area (TPSA) is 180 Å². The molecular formula is C29H38N3O9+. The van der Waals surface area contributed by atoms with Gasteiger partial charge in [0.1, 0.15) is 47.8 Å². The number of hydrogen-bond acceptors (Lipinski definition) is 10. The Kier molecular flexibility index (Phi) is 6.97. The summed E-state index contributed by atoms with van der Waals surface area (Å²) in [5.74, 6) is -6.39. The normalized spacial score (nSPS) is 33.4. The number of aromatic hydroxyl groups is 1. The van der Waals surface area contributed by atoms with E-state index in [0.717, 1.165) is 13.1 Å². The monoisotopic (exact) mass is 572 g/mol. The van der Waals surface area contributed by atoms with Crippen LogP contribution in [0, 0.1) is 11.8 Å². The zero-order valence-corrected chi connectivity index (χ0v) is 23.9. The van der Waals surface area contributed by atoms with Crippen molar-refractivity contribution >= 4 is 23.2 Å². The number of nitrogens with two attached hydrogens (primary N) is 1. The minimum absolute atomic E-state index is 0.00400. The average Bonchev–Trinajstić information content (AvgIpc) is 2.90. The zero-order chi connectivity index (χ0) is 30.2. The number of benzene rings is 1. The fraction of sp³-hybridized carbons (Fsp3) is 0.552. The number of phenolic OH excluding ortho intramolecular Hbond substituents is 1. The number of methoxy groups -OCH3 is 1. The highest BCUT2D eigenvalue weighted by Crippen LogP contribution is 2.55. The summed E-state index contributed by atoms with van der Waals surface area (Å²) in [5.41, 5.74) is 2.89. The number of aliphatic hydroxyl groups excluding tert-OH is 2. The van der Waals surface area contributed by atoms with Gasteiger partial charge in [0.25, 0.3) is 5.91 Å². The van der Waals surface area contributed by atoms with E-state index < -0.39 is 58.0 Å². The van der Waals surface area contributed by atoms with Gasteiger partial charge < -0.3 is 40.1 Å². The Labute approximate surface area is 237 Å². The number of ketones is 2. The third-order valence-corrected chi connectivity index (χ3v) is 9.76. The average molecular weight is 573 g/mol. The predicted molar refractivity (Wildman–Crippen MR) is 146 cm³/mol. The number of amides is 1. The van der Waals surface area contributed by atoms with Crippen LogP contribution < -0.4 is 10.5 Å². The number of morpholine rings is 1. The molecule has 0 bridgehead atoms. The molecule has 12 nitrogen and oxygen atoms in total. The summed E-state index contributed by atoms with van der Waals surface area (Å²) in [5, 5.41) is 45.5. The van der Waals surface area contributed by atoms with Crippen molar-refractivity contribution in [2.75, 3.05) is 54.6 Å². The molecule has 1 saturated carbocycles. The number of rotatable bonds is 5. The minimum atomic E-state index is -2.68. The van der Waals surface area contributed by atoms with Crippen LogP contribution in [0.3, 0.4) is 0 Å². The van der Waals surface area contributed by atoms with Crippen LogP contribution in [0.5, 0.6) is 11.5 Å². The first-order valence-corrected chi connectivity index (χ1v) is 13.7. The largest absolute Gasteiger partial charge is 0.508 e. The lowest BCUT2D eigenvalue weighted by molar-refractivity contribution is -0.945. The highest BCUT2D eigenvalue weighted by molar-refractivity contribution is 6.24. The maximum Gasteiger partial charge on any atom is 0.255 e. The molecule has 0 spiro atoms. The maximum absolute atomic E-state index is 14.0. The molecule has 4 aliphatic rings. The molecule has 1 amide bonds. The molecule has 0 aromatic heterocycles. The lowest BCUT2D eigenvalue weighted by Gasteiger charge is -2.50. The van der Waals surface area contributed by atoms with Gasteiger partial charge >= 0.3 is 0 Å². The van der Waals surface area contributed by atoms with Crippen LogP contribution >= 0.6 is 0 Å². The van der Waals surface area contributed by atoms with E-state index in [0.29, 0.717) is 34.6 Å². The molecule has 6 atom stereocenters. The van der Waals surface area contributed by atoms with Crippen molar-refractivity contribution in [3.8, 4) is 11.5 Å². The van der Waals surface area contributed by atoms with Gasteiger partial charge in [0.05, 0.1) is 44.5 Å². The molecule has 1 aromatic rings. The van der Waals surface area contributed by atoms with Gasteiger partial charge in [0, 0.05) is 17.1 Å². The second-order valence-electron chi connectivity index (χ2n) is 11.9. The molecule has 222 valence electrons. The van der Waals surface area contributed by atoms with Gasteiger partial charge in [-0.15, -0.1) is 0 Å². The summed E-state index contributed by atoms with van der Waals surface area (Å²) < 4.78 is 12.4. The van der Waals surface area contributed by atoms with Crippen molar-refractivity contribution in [3.05, 3.63) is 39.7 Å². The molecular weight excluding hydrogens is 534 g/mol. The maximum atomic E-state index is 14.0. The Hall–Kier alpha value is -3.45. The van der Waals surface area contributed by atoms with Crippen LogP contribution in [0.15, 0.2) is 23.0 Å². The van der Waals surface area contributed by atoms with Gasteiger partial charge in [0.15, 0.2) is 11.4 Å². The Bertz CT molecular complexity index is 1420. The summed E-state index contributed by atoms with van der Waals surface area (Å²) in [7, 11) is 6.75.